The molecule has 0 spiro atoms. The zero-order valence-electron chi connectivity index (χ0n) is 16.9. The maximum atomic E-state index is 12.3. The summed E-state index contributed by atoms with van der Waals surface area (Å²) in [5.41, 5.74) is 4.34. The Kier molecular flexibility index (Phi) is 7.33. The van der Waals surface area contributed by atoms with Crippen molar-refractivity contribution >= 4 is 23.2 Å². The Morgan fingerprint density at radius 3 is 2.32 bits per heavy atom. The molecule has 2 amide bonds. The van der Waals surface area contributed by atoms with Crippen LogP contribution in [-0.2, 0) is 22.6 Å². The van der Waals surface area contributed by atoms with E-state index in [0.29, 0.717) is 37.2 Å². The van der Waals surface area contributed by atoms with Crippen molar-refractivity contribution in [2.45, 2.75) is 53.5 Å². The molecule has 0 bridgehead atoms. The number of carbonyl (C=O) groups excluding carboxylic acids is 2. The van der Waals surface area contributed by atoms with Crippen LogP contribution in [0.2, 0.25) is 0 Å². The van der Waals surface area contributed by atoms with E-state index in [1.807, 2.05) is 32.4 Å². The predicted molar refractivity (Wildman–Crippen MR) is 109 cm³/mol. The van der Waals surface area contributed by atoms with Gasteiger partial charge in [0, 0.05) is 29.4 Å². The van der Waals surface area contributed by atoms with Crippen molar-refractivity contribution in [1.29, 1.82) is 5.26 Å². The first-order chi connectivity index (χ1) is 13.3. The van der Waals surface area contributed by atoms with Gasteiger partial charge in [-0.25, -0.2) is 0 Å². The molecular weight excluding hydrogens is 354 g/mol. The van der Waals surface area contributed by atoms with Crippen molar-refractivity contribution in [3.8, 4) is 6.07 Å². The maximum Gasteiger partial charge on any atom is 0.226 e. The van der Waals surface area contributed by atoms with Gasteiger partial charge < -0.3 is 10.6 Å². The minimum atomic E-state index is -0.0875. The molecule has 1 aromatic heterocycles. The molecule has 0 unspecified atom stereocenters. The van der Waals surface area contributed by atoms with Crippen molar-refractivity contribution in [3.05, 3.63) is 41.2 Å². The highest BCUT2D eigenvalue weighted by atomic mass is 16.2. The Morgan fingerprint density at radius 1 is 1.14 bits per heavy atom. The fourth-order valence-electron chi connectivity index (χ4n) is 2.85. The quantitative estimate of drug-likeness (QED) is 0.730. The van der Waals surface area contributed by atoms with Gasteiger partial charge in [0.2, 0.25) is 11.8 Å². The molecule has 1 heterocycles. The lowest BCUT2D eigenvalue weighted by atomic mass is 10.1. The minimum Gasteiger partial charge on any atom is -0.326 e. The van der Waals surface area contributed by atoms with E-state index < -0.39 is 0 Å². The number of anilines is 2. The van der Waals surface area contributed by atoms with Gasteiger partial charge in [-0.3, -0.25) is 14.3 Å². The highest BCUT2D eigenvalue weighted by Gasteiger charge is 2.13. The lowest BCUT2D eigenvalue weighted by Gasteiger charge is -2.09. The van der Waals surface area contributed by atoms with Gasteiger partial charge in [-0.05, 0) is 50.1 Å². The summed E-state index contributed by atoms with van der Waals surface area (Å²) < 4.78 is 1.83. The van der Waals surface area contributed by atoms with Crippen LogP contribution in [0.4, 0.5) is 11.4 Å². The molecule has 0 aliphatic carbocycles. The molecule has 2 N–H and O–H groups in total. The van der Waals surface area contributed by atoms with E-state index in [-0.39, 0.29) is 17.7 Å². The van der Waals surface area contributed by atoms with E-state index >= 15 is 0 Å². The monoisotopic (exact) mass is 381 g/mol. The minimum absolute atomic E-state index is 0.0437. The molecule has 0 atom stereocenters. The van der Waals surface area contributed by atoms with Crippen LogP contribution in [-0.4, -0.2) is 21.6 Å². The number of carbonyl (C=O) groups is 2. The van der Waals surface area contributed by atoms with Gasteiger partial charge in [-0.1, -0.05) is 13.8 Å². The van der Waals surface area contributed by atoms with Crippen molar-refractivity contribution in [3.63, 3.8) is 0 Å². The van der Waals surface area contributed by atoms with Crippen LogP contribution in [0, 0.1) is 31.1 Å². The molecule has 0 radical (unpaired) electrons. The first kappa shape index (κ1) is 21.2. The van der Waals surface area contributed by atoms with Crippen molar-refractivity contribution in [1.82, 2.24) is 9.78 Å². The summed E-state index contributed by atoms with van der Waals surface area (Å²) in [6.07, 6.45) is 1.35. The molecule has 0 saturated heterocycles. The van der Waals surface area contributed by atoms with Crippen LogP contribution in [0.1, 0.15) is 43.6 Å². The number of hydrogen-bond acceptors (Lipinski definition) is 4. The van der Waals surface area contributed by atoms with Gasteiger partial charge in [0.05, 0.1) is 24.7 Å². The first-order valence-corrected chi connectivity index (χ1v) is 9.42. The van der Waals surface area contributed by atoms with E-state index in [1.54, 1.807) is 24.3 Å². The molecule has 28 heavy (non-hydrogen) atoms. The molecule has 148 valence electrons. The van der Waals surface area contributed by atoms with E-state index in [9.17, 15) is 9.59 Å². The van der Waals surface area contributed by atoms with Gasteiger partial charge in [0.1, 0.15) is 0 Å². The number of amides is 2. The fourth-order valence-corrected chi connectivity index (χ4v) is 2.85. The first-order valence-electron chi connectivity index (χ1n) is 9.42. The smallest absolute Gasteiger partial charge is 0.226 e. The summed E-state index contributed by atoms with van der Waals surface area (Å²) >= 11 is 0. The molecule has 7 heteroatoms. The van der Waals surface area contributed by atoms with Gasteiger partial charge in [0.15, 0.2) is 0 Å². The number of benzene rings is 1. The van der Waals surface area contributed by atoms with Crippen LogP contribution in [0.25, 0.3) is 0 Å². The van der Waals surface area contributed by atoms with Crippen LogP contribution < -0.4 is 10.6 Å². The third kappa shape index (κ3) is 5.68. The molecule has 7 nitrogen and oxygen atoms in total. The van der Waals surface area contributed by atoms with Crippen LogP contribution in [0.15, 0.2) is 24.3 Å². The summed E-state index contributed by atoms with van der Waals surface area (Å²) in [6, 6.07) is 9.19. The average Bonchev–Trinajstić information content (AvgIpc) is 2.93. The second-order valence-electron chi connectivity index (χ2n) is 7.05. The fraction of sp³-hybridized carbons (Fsp3) is 0.429. The largest absolute Gasteiger partial charge is 0.326 e. The van der Waals surface area contributed by atoms with Crippen LogP contribution in [0.5, 0.6) is 0 Å². The zero-order chi connectivity index (χ0) is 20.7. The summed E-state index contributed by atoms with van der Waals surface area (Å²) in [6.45, 7) is 8.12. The molecular formula is C21H27N5O2. The summed E-state index contributed by atoms with van der Waals surface area (Å²) in [4.78, 5) is 24.0. The molecule has 2 rings (SSSR count). The summed E-state index contributed by atoms with van der Waals surface area (Å²) in [5.74, 6) is -0.212. The number of aromatic nitrogens is 2. The highest BCUT2D eigenvalue weighted by Crippen LogP contribution is 2.17. The number of nitrogens with zero attached hydrogens (tertiary/aromatic N) is 3. The second-order valence-corrected chi connectivity index (χ2v) is 7.05. The van der Waals surface area contributed by atoms with E-state index in [1.165, 1.54) is 0 Å². The molecule has 0 fully saturated rings. The van der Waals surface area contributed by atoms with Gasteiger partial charge in [0.25, 0.3) is 0 Å². The Balaban J connectivity index is 1.90. The Morgan fingerprint density at radius 2 is 1.75 bits per heavy atom. The number of hydrogen-bond donors (Lipinski definition) is 2. The third-order valence-electron chi connectivity index (χ3n) is 4.53. The van der Waals surface area contributed by atoms with Gasteiger partial charge in [-0.2, -0.15) is 10.4 Å². The van der Waals surface area contributed by atoms with E-state index in [2.05, 4.69) is 21.8 Å². The molecule has 1 aromatic carbocycles. The van der Waals surface area contributed by atoms with Gasteiger partial charge >= 0.3 is 0 Å². The third-order valence-corrected chi connectivity index (χ3v) is 4.53. The molecule has 0 aliphatic rings. The highest BCUT2D eigenvalue weighted by molar-refractivity contribution is 5.93. The number of nitriles is 1. The van der Waals surface area contributed by atoms with E-state index in [0.717, 1.165) is 17.0 Å². The normalized spacial score (nSPS) is 10.6. The Bertz CT molecular complexity index is 875. The average molecular weight is 381 g/mol. The maximum absolute atomic E-state index is 12.3. The summed E-state index contributed by atoms with van der Waals surface area (Å²) in [5, 5.41) is 18.9. The van der Waals surface area contributed by atoms with Crippen LogP contribution in [0.3, 0.4) is 0 Å². The molecule has 2 aromatic rings. The van der Waals surface area contributed by atoms with Gasteiger partial charge in [-0.15, -0.1) is 0 Å². The molecule has 0 saturated carbocycles. The zero-order valence-corrected chi connectivity index (χ0v) is 16.9. The topological polar surface area (TPSA) is 99.8 Å². The molecule has 0 aliphatic heterocycles. The Labute approximate surface area is 165 Å². The van der Waals surface area contributed by atoms with Crippen molar-refractivity contribution < 1.29 is 9.59 Å². The van der Waals surface area contributed by atoms with E-state index in [4.69, 9.17) is 5.26 Å². The standard InChI is InChI=1S/C21H27N5O2/c1-14(2)21(28)24-18-8-6-17(7-9-18)23-20(27)11-10-19-15(3)25-26(16(19)4)13-5-12-22/h6-9,14H,5,10-11,13H2,1-4H3,(H,23,27)(H,24,28). The number of nitrogens with one attached hydrogen (secondary N) is 2. The van der Waals surface area contributed by atoms with Crippen LogP contribution >= 0.6 is 0 Å². The number of rotatable bonds is 8. The second kappa shape index (κ2) is 9.70. The Hall–Kier alpha value is -3.14. The number of aryl methyl sites for hydroxylation is 2. The lowest BCUT2D eigenvalue weighted by Crippen LogP contribution is -2.17. The SMILES string of the molecule is Cc1nn(CCC#N)c(C)c1CCC(=O)Nc1ccc(NC(=O)C(C)C)cc1. The predicted octanol–water partition coefficient (Wildman–Crippen LogP) is 3.58. The van der Waals surface area contributed by atoms with Crippen molar-refractivity contribution in [2.75, 3.05) is 10.6 Å². The lowest BCUT2D eigenvalue weighted by molar-refractivity contribution is -0.119. The van der Waals surface area contributed by atoms with Crippen molar-refractivity contribution in [2.24, 2.45) is 5.92 Å². The summed E-state index contributed by atoms with van der Waals surface area (Å²) in [7, 11) is 0.